The molecule has 0 bridgehead atoms. The minimum atomic E-state index is -3.71. The van der Waals surface area contributed by atoms with E-state index in [4.69, 9.17) is 5.84 Å². The standard InChI is InChI=1S/C19H22FN3O3S/c20-16-8-10-18(11-9-16)27(25,26)22-12-4-5-15(14-22)13-19(24)23(21)17-6-2-1-3-7-17/h1-3,6-11,15H,4-5,12-14,21H2. The van der Waals surface area contributed by atoms with Gasteiger partial charge < -0.3 is 0 Å². The van der Waals surface area contributed by atoms with Gasteiger partial charge in [-0.25, -0.2) is 23.7 Å². The van der Waals surface area contributed by atoms with Gasteiger partial charge in [0.05, 0.1) is 10.6 Å². The number of carbonyl (C=O) groups excluding carboxylic acids is 1. The first-order valence-electron chi connectivity index (χ1n) is 8.76. The molecule has 0 aliphatic carbocycles. The molecule has 1 aliphatic rings. The first-order chi connectivity index (χ1) is 12.9. The average molecular weight is 391 g/mol. The Morgan fingerprint density at radius 1 is 1.15 bits per heavy atom. The van der Waals surface area contributed by atoms with Crippen LogP contribution in [0, 0.1) is 11.7 Å². The first kappa shape index (κ1) is 19.5. The summed E-state index contributed by atoms with van der Waals surface area (Å²) in [5.41, 5.74) is 0.592. The zero-order valence-corrected chi connectivity index (χ0v) is 15.6. The summed E-state index contributed by atoms with van der Waals surface area (Å²) in [6, 6.07) is 13.7. The van der Waals surface area contributed by atoms with Gasteiger partial charge in [0, 0.05) is 19.5 Å². The van der Waals surface area contributed by atoms with Gasteiger partial charge in [0.1, 0.15) is 5.82 Å². The molecule has 2 N–H and O–H groups in total. The van der Waals surface area contributed by atoms with Crippen LogP contribution in [0.15, 0.2) is 59.5 Å². The lowest BCUT2D eigenvalue weighted by Crippen LogP contribution is -2.43. The van der Waals surface area contributed by atoms with Crippen LogP contribution in [0.4, 0.5) is 10.1 Å². The molecular weight excluding hydrogens is 369 g/mol. The Morgan fingerprint density at radius 3 is 2.48 bits per heavy atom. The van der Waals surface area contributed by atoms with Crippen molar-refractivity contribution in [2.45, 2.75) is 24.2 Å². The molecule has 0 aromatic heterocycles. The van der Waals surface area contributed by atoms with Gasteiger partial charge >= 0.3 is 0 Å². The van der Waals surface area contributed by atoms with Crippen LogP contribution in [-0.4, -0.2) is 31.7 Å². The quantitative estimate of drug-likeness (QED) is 0.482. The highest BCUT2D eigenvalue weighted by Gasteiger charge is 2.31. The topological polar surface area (TPSA) is 83.7 Å². The molecule has 1 aliphatic heterocycles. The lowest BCUT2D eigenvalue weighted by molar-refractivity contribution is -0.119. The van der Waals surface area contributed by atoms with Crippen LogP contribution in [-0.2, 0) is 14.8 Å². The maximum Gasteiger partial charge on any atom is 0.243 e. The summed E-state index contributed by atoms with van der Waals surface area (Å²) in [6.07, 6.45) is 1.58. The van der Waals surface area contributed by atoms with E-state index in [2.05, 4.69) is 0 Å². The number of amides is 1. The van der Waals surface area contributed by atoms with E-state index >= 15 is 0 Å². The number of hydrazine groups is 1. The van der Waals surface area contributed by atoms with Crippen molar-refractivity contribution in [3.05, 3.63) is 60.4 Å². The lowest BCUT2D eigenvalue weighted by Gasteiger charge is -2.32. The number of hydrogen-bond donors (Lipinski definition) is 1. The third-order valence-electron chi connectivity index (χ3n) is 4.70. The average Bonchev–Trinajstić information content (AvgIpc) is 2.68. The molecule has 1 unspecified atom stereocenters. The molecule has 0 spiro atoms. The van der Waals surface area contributed by atoms with Crippen molar-refractivity contribution >= 4 is 21.6 Å². The van der Waals surface area contributed by atoms with E-state index in [0.717, 1.165) is 23.6 Å². The fourth-order valence-corrected chi connectivity index (χ4v) is 4.80. The number of anilines is 1. The number of benzene rings is 2. The Kier molecular flexibility index (Phi) is 5.88. The third-order valence-corrected chi connectivity index (χ3v) is 6.58. The highest BCUT2D eigenvalue weighted by Crippen LogP contribution is 2.26. The van der Waals surface area contributed by atoms with Gasteiger partial charge in [0.25, 0.3) is 0 Å². The van der Waals surface area contributed by atoms with Gasteiger partial charge in [0.2, 0.25) is 15.9 Å². The van der Waals surface area contributed by atoms with Gasteiger partial charge in [-0.2, -0.15) is 4.31 Å². The number of nitrogens with zero attached hydrogens (tertiary/aromatic N) is 2. The number of para-hydroxylation sites is 1. The van der Waals surface area contributed by atoms with E-state index in [9.17, 15) is 17.6 Å². The second-order valence-corrected chi connectivity index (χ2v) is 8.57. The number of hydrogen-bond acceptors (Lipinski definition) is 4. The van der Waals surface area contributed by atoms with Crippen molar-refractivity contribution in [2.24, 2.45) is 11.8 Å². The largest absolute Gasteiger partial charge is 0.273 e. The molecule has 2 aromatic carbocycles. The molecule has 144 valence electrons. The normalized spacial score (nSPS) is 18.2. The number of rotatable bonds is 5. The van der Waals surface area contributed by atoms with Crippen LogP contribution in [0.1, 0.15) is 19.3 Å². The van der Waals surface area contributed by atoms with Crippen LogP contribution in [0.5, 0.6) is 0 Å². The van der Waals surface area contributed by atoms with Crippen molar-refractivity contribution in [1.29, 1.82) is 0 Å². The zero-order valence-electron chi connectivity index (χ0n) is 14.8. The maximum atomic E-state index is 13.1. The predicted molar refractivity (Wildman–Crippen MR) is 101 cm³/mol. The highest BCUT2D eigenvalue weighted by atomic mass is 32.2. The number of carbonyl (C=O) groups is 1. The van der Waals surface area contributed by atoms with E-state index in [-0.39, 0.29) is 29.7 Å². The van der Waals surface area contributed by atoms with E-state index in [1.165, 1.54) is 16.4 Å². The molecule has 3 rings (SSSR count). The minimum Gasteiger partial charge on any atom is -0.273 e. The molecular formula is C19H22FN3O3S. The number of sulfonamides is 1. The lowest BCUT2D eigenvalue weighted by atomic mass is 9.96. The van der Waals surface area contributed by atoms with Crippen molar-refractivity contribution in [2.75, 3.05) is 18.1 Å². The van der Waals surface area contributed by atoms with Crippen molar-refractivity contribution < 1.29 is 17.6 Å². The summed E-state index contributed by atoms with van der Waals surface area (Å²) in [5.74, 6) is 5.04. The molecule has 1 atom stereocenters. The highest BCUT2D eigenvalue weighted by molar-refractivity contribution is 7.89. The van der Waals surface area contributed by atoms with E-state index < -0.39 is 15.8 Å². The predicted octanol–water partition coefficient (Wildman–Crippen LogP) is 2.52. The Bertz CT molecular complexity index is 888. The fraction of sp³-hybridized carbons (Fsp3) is 0.316. The van der Waals surface area contributed by atoms with Gasteiger partial charge in [0.15, 0.2) is 0 Å². The Hall–Kier alpha value is -2.29. The molecule has 27 heavy (non-hydrogen) atoms. The molecule has 0 radical (unpaired) electrons. The fourth-order valence-electron chi connectivity index (χ4n) is 3.25. The maximum absolute atomic E-state index is 13.1. The Morgan fingerprint density at radius 2 is 1.81 bits per heavy atom. The second kappa shape index (κ2) is 8.16. The van der Waals surface area contributed by atoms with Crippen molar-refractivity contribution in [3.63, 3.8) is 0 Å². The summed E-state index contributed by atoms with van der Waals surface area (Å²) in [6.45, 7) is 0.628. The number of halogens is 1. The minimum absolute atomic E-state index is 0.0561. The van der Waals surface area contributed by atoms with Gasteiger partial charge in [-0.1, -0.05) is 18.2 Å². The monoisotopic (exact) mass is 391 g/mol. The van der Waals surface area contributed by atoms with Crippen LogP contribution in [0.3, 0.4) is 0 Å². The Labute approximate surface area is 158 Å². The molecule has 8 heteroatoms. The van der Waals surface area contributed by atoms with Crippen molar-refractivity contribution in [1.82, 2.24) is 4.31 Å². The first-order valence-corrected chi connectivity index (χ1v) is 10.2. The van der Waals surface area contributed by atoms with Crippen LogP contribution in [0.25, 0.3) is 0 Å². The van der Waals surface area contributed by atoms with Gasteiger partial charge in [-0.05, 0) is 55.2 Å². The van der Waals surface area contributed by atoms with Gasteiger partial charge in [-0.3, -0.25) is 4.79 Å². The molecule has 1 heterocycles. The van der Waals surface area contributed by atoms with Crippen molar-refractivity contribution in [3.8, 4) is 0 Å². The summed E-state index contributed by atoms with van der Waals surface area (Å²) >= 11 is 0. The SMILES string of the molecule is NN(C(=O)CC1CCCN(S(=O)(=O)c2ccc(F)cc2)C1)c1ccccc1. The molecule has 1 saturated heterocycles. The number of nitrogens with two attached hydrogens (primary N) is 1. The van der Waals surface area contributed by atoms with Crippen LogP contribution >= 0.6 is 0 Å². The third kappa shape index (κ3) is 4.52. The smallest absolute Gasteiger partial charge is 0.243 e. The second-order valence-electron chi connectivity index (χ2n) is 6.63. The molecule has 6 nitrogen and oxygen atoms in total. The Balaban J connectivity index is 1.67. The summed E-state index contributed by atoms with van der Waals surface area (Å²) in [7, 11) is -3.71. The zero-order chi connectivity index (χ0) is 19.4. The van der Waals surface area contributed by atoms with E-state index in [1.807, 2.05) is 6.07 Å². The number of piperidine rings is 1. The van der Waals surface area contributed by atoms with E-state index in [1.54, 1.807) is 24.3 Å². The summed E-state index contributed by atoms with van der Waals surface area (Å²) in [4.78, 5) is 12.5. The van der Waals surface area contributed by atoms with Crippen LogP contribution < -0.4 is 10.9 Å². The van der Waals surface area contributed by atoms with E-state index in [0.29, 0.717) is 18.7 Å². The molecule has 2 aromatic rings. The summed E-state index contributed by atoms with van der Waals surface area (Å²) in [5, 5.41) is 1.10. The van der Waals surface area contributed by atoms with Gasteiger partial charge in [-0.15, -0.1) is 0 Å². The molecule has 1 amide bonds. The van der Waals surface area contributed by atoms with Crippen LogP contribution in [0.2, 0.25) is 0 Å². The summed E-state index contributed by atoms with van der Waals surface area (Å²) < 4.78 is 40.0. The molecule has 0 saturated carbocycles. The molecule has 1 fully saturated rings.